The Morgan fingerprint density at radius 1 is 1.32 bits per heavy atom. The molecule has 25 heavy (non-hydrogen) atoms. The van der Waals surface area contributed by atoms with Gasteiger partial charge in [0.2, 0.25) is 5.82 Å². The zero-order valence-electron chi connectivity index (χ0n) is 13.7. The molecule has 2 aromatic heterocycles. The zero-order chi connectivity index (χ0) is 17.2. The molecule has 3 heterocycles. The van der Waals surface area contributed by atoms with Crippen LogP contribution in [0.2, 0.25) is 0 Å². The van der Waals surface area contributed by atoms with Crippen LogP contribution in [0, 0.1) is 0 Å². The van der Waals surface area contributed by atoms with Crippen molar-refractivity contribution in [1.82, 2.24) is 25.1 Å². The first-order valence-electron chi connectivity index (χ1n) is 8.05. The topological polar surface area (TPSA) is 84.0 Å². The van der Waals surface area contributed by atoms with Gasteiger partial charge in [-0.3, -0.25) is 14.9 Å². The van der Waals surface area contributed by atoms with Crippen molar-refractivity contribution >= 4 is 5.91 Å². The van der Waals surface area contributed by atoms with Gasteiger partial charge >= 0.3 is 0 Å². The molecule has 0 spiro atoms. The van der Waals surface area contributed by atoms with Crippen LogP contribution in [0.4, 0.5) is 0 Å². The number of H-pyrrole nitrogens is 1. The van der Waals surface area contributed by atoms with Gasteiger partial charge in [-0.25, -0.2) is 4.98 Å². The molecule has 0 radical (unpaired) electrons. The predicted octanol–water partition coefficient (Wildman–Crippen LogP) is 2.29. The number of aromatic amines is 1. The van der Waals surface area contributed by atoms with Crippen molar-refractivity contribution in [3.63, 3.8) is 0 Å². The van der Waals surface area contributed by atoms with E-state index in [-0.39, 0.29) is 17.8 Å². The first-order valence-corrected chi connectivity index (χ1v) is 8.05. The van der Waals surface area contributed by atoms with E-state index in [1.165, 1.54) is 6.33 Å². The molecule has 1 atom stereocenters. The van der Waals surface area contributed by atoms with Gasteiger partial charge in [0.25, 0.3) is 5.91 Å². The summed E-state index contributed by atoms with van der Waals surface area (Å²) in [4.78, 5) is 22.6. The van der Waals surface area contributed by atoms with Crippen LogP contribution in [-0.2, 0) is 6.54 Å². The number of amides is 1. The number of carbonyl (C=O) groups is 1. The number of pyridine rings is 1. The molecule has 126 valence electrons. The summed E-state index contributed by atoms with van der Waals surface area (Å²) in [6.45, 7) is 2.84. The molecule has 0 unspecified atom stereocenters. The number of nitrogens with one attached hydrogen (secondary N) is 1. The van der Waals surface area contributed by atoms with E-state index in [1.807, 2.05) is 43.5 Å². The number of fused-ring (bicyclic) bond motifs is 1. The molecular weight excluding hydrogens is 318 g/mol. The van der Waals surface area contributed by atoms with E-state index in [1.54, 1.807) is 11.1 Å². The van der Waals surface area contributed by atoms with E-state index in [2.05, 4.69) is 20.2 Å². The fraction of sp³-hybridized carbons (Fsp3) is 0.222. The van der Waals surface area contributed by atoms with Crippen molar-refractivity contribution < 1.29 is 9.53 Å². The van der Waals surface area contributed by atoms with E-state index in [9.17, 15) is 4.79 Å². The van der Waals surface area contributed by atoms with Crippen LogP contribution in [0.3, 0.4) is 0 Å². The Morgan fingerprint density at radius 3 is 3.00 bits per heavy atom. The fourth-order valence-electron chi connectivity index (χ4n) is 2.91. The Morgan fingerprint density at radius 2 is 2.24 bits per heavy atom. The lowest BCUT2D eigenvalue weighted by Gasteiger charge is -2.25. The Bertz CT molecular complexity index is 880. The van der Waals surface area contributed by atoms with E-state index < -0.39 is 0 Å². The molecule has 1 N–H and O–H groups in total. The summed E-state index contributed by atoms with van der Waals surface area (Å²) in [5.41, 5.74) is 3.02. The van der Waals surface area contributed by atoms with Crippen molar-refractivity contribution in [3.05, 3.63) is 60.4 Å². The van der Waals surface area contributed by atoms with E-state index in [0.29, 0.717) is 13.2 Å². The van der Waals surface area contributed by atoms with E-state index in [0.717, 1.165) is 22.4 Å². The normalized spacial score (nSPS) is 16.7. The highest BCUT2D eigenvalue weighted by molar-refractivity contribution is 5.90. The van der Waals surface area contributed by atoms with Crippen LogP contribution in [-0.4, -0.2) is 43.6 Å². The van der Waals surface area contributed by atoms with Gasteiger partial charge in [-0.15, -0.1) is 0 Å². The molecule has 0 fully saturated rings. The maximum Gasteiger partial charge on any atom is 0.291 e. The maximum absolute atomic E-state index is 12.7. The summed E-state index contributed by atoms with van der Waals surface area (Å²) in [5.74, 6) is 0.847. The van der Waals surface area contributed by atoms with E-state index in [4.69, 9.17) is 4.74 Å². The average molecular weight is 335 g/mol. The second kappa shape index (κ2) is 6.35. The number of benzene rings is 1. The quantitative estimate of drug-likeness (QED) is 0.777. The van der Waals surface area contributed by atoms with Crippen molar-refractivity contribution in [2.24, 2.45) is 0 Å². The highest BCUT2D eigenvalue weighted by Crippen LogP contribution is 2.30. The molecule has 0 aliphatic carbocycles. The molecule has 7 heteroatoms. The summed E-state index contributed by atoms with van der Waals surface area (Å²) in [7, 11) is 0. The van der Waals surface area contributed by atoms with Crippen molar-refractivity contribution in [2.45, 2.75) is 19.5 Å². The summed E-state index contributed by atoms with van der Waals surface area (Å²) < 4.78 is 5.89. The molecule has 7 nitrogen and oxygen atoms in total. The average Bonchev–Trinajstić information content (AvgIpc) is 3.14. The van der Waals surface area contributed by atoms with Crippen molar-refractivity contribution in [3.8, 4) is 16.9 Å². The minimum absolute atomic E-state index is 0.0770. The van der Waals surface area contributed by atoms with Gasteiger partial charge in [-0.05, 0) is 30.7 Å². The number of hydrogen-bond acceptors (Lipinski definition) is 5. The molecule has 4 rings (SSSR count). The van der Waals surface area contributed by atoms with Gasteiger partial charge in [-0.2, -0.15) is 5.10 Å². The first kappa shape index (κ1) is 15.3. The van der Waals surface area contributed by atoms with Gasteiger partial charge in [0.1, 0.15) is 18.7 Å². The summed E-state index contributed by atoms with van der Waals surface area (Å²) >= 11 is 0. The minimum atomic E-state index is -0.187. The molecule has 0 saturated heterocycles. The van der Waals surface area contributed by atoms with Gasteiger partial charge in [-0.1, -0.05) is 12.1 Å². The van der Waals surface area contributed by atoms with Crippen LogP contribution in [0.5, 0.6) is 5.75 Å². The highest BCUT2D eigenvalue weighted by Gasteiger charge is 2.28. The number of nitrogens with zero attached hydrogens (tertiary/aromatic N) is 4. The predicted molar refractivity (Wildman–Crippen MR) is 90.9 cm³/mol. The Kier molecular flexibility index (Phi) is 3.89. The van der Waals surface area contributed by atoms with Gasteiger partial charge in [0.15, 0.2) is 0 Å². The Balaban J connectivity index is 1.68. The van der Waals surface area contributed by atoms with Gasteiger partial charge < -0.3 is 9.64 Å². The third kappa shape index (κ3) is 2.96. The molecule has 1 aliphatic heterocycles. The van der Waals surface area contributed by atoms with Crippen LogP contribution in [0.25, 0.3) is 11.1 Å². The third-order valence-electron chi connectivity index (χ3n) is 4.29. The highest BCUT2D eigenvalue weighted by atomic mass is 16.5. The standard InChI is InChI=1S/C18H17N5O2/c1-12-10-25-16-5-4-13(14-3-2-6-19-8-14)7-15(16)9-23(12)18(24)17-20-11-21-22-17/h2-8,11-12H,9-10H2,1H3,(H,20,21,22)/t12-/m0/s1. The number of hydrogen-bond donors (Lipinski definition) is 1. The zero-order valence-corrected chi connectivity index (χ0v) is 13.7. The van der Waals surface area contributed by atoms with Crippen LogP contribution < -0.4 is 4.74 Å². The molecule has 3 aromatic rings. The summed E-state index contributed by atoms with van der Waals surface area (Å²) in [5, 5.41) is 6.40. The third-order valence-corrected chi connectivity index (χ3v) is 4.29. The molecule has 0 saturated carbocycles. The molecule has 1 aromatic carbocycles. The minimum Gasteiger partial charge on any atom is -0.491 e. The van der Waals surface area contributed by atoms with Crippen LogP contribution in [0.1, 0.15) is 23.1 Å². The lowest BCUT2D eigenvalue weighted by molar-refractivity contribution is 0.0633. The van der Waals surface area contributed by atoms with Crippen molar-refractivity contribution in [1.29, 1.82) is 0 Å². The van der Waals surface area contributed by atoms with Crippen LogP contribution in [0.15, 0.2) is 49.1 Å². The lowest BCUT2D eigenvalue weighted by Crippen LogP contribution is -2.40. The maximum atomic E-state index is 12.7. The van der Waals surface area contributed by atoms with Crippen LogP contribution >= 0.6 is 0 Å². The second-order valence-corrected chi connectivity index (χ2v) is 5.99. The molecule has 1 amide bonds. The second-order valence-electron chi connectivity index (χ2n) is 5.99. The Labute approximate surface area is 144 Å². The first-order chi connectivity index (χ1) is 12.2. The van der Waals surface area contributed by atoms with E-state index >= 15 is 0 Å². The largest absolute Gasteiger partial charge is 0.491 e. The summed E-state index contributed by atoms with van der Waals surface area (Å²) in [6, 6.07) is 9.84. The number of aromatic nitrogens is 4. The number of carbonyl (C=O) groups excluding carboxylic acids is 1. The number of ether oxygens (including phenoxy) is 1. The fourth-order valence-corrected chi connectivity index (χ4v) is 2.91. The monoisotopic (exact) mass is 335 g/mol. The number of rotatable bonds is 2. The smallest absolute Gasteiger partial charge is 0.291 e. The molecule has 1 aliphatic rings. The van der Waals surface area contributed by atoms with Gasteiger partial charge in [0, 0.05) is 23.5 Å². The molecular formula is C18H17N5O2. The van der Waals surface area contributed by atoms with Crippen molar-refractivity contribution in [2.75, 3.05) is 6.61 Å². The Hall–Kier alpha value is -3.22. The van der Waals surface area contributed by atoms with Gasteiger partial charge in [0.05, 0.1) is 12.6 Å². The summed E-state index contributed by atoms with van der Waals surface area (Å²) in [6.07, 6.45) is 4.90. The SMILES string of the molecule is C[C@H]1COc2ccc(-c3cccnc3)cc2CN1C(=O)c1ncn[nH]1. The molecule has 0 bridgehead atoms. The lowest BCUT2D eigenvalue weighted by atomic mass is 10.0.